The first-order valence-electron chi connectivity index (χ1n) is 5.83. The molecule has 0 aliphatic heterocycles. The van der Waals surface area contributed by atoms with Crippen molar-refractivity contribution in [3.63, 3.8) is 0 Å². The zero-order valence-corrected chi connectivity index (χ0v) is 10.9. The third-order valence-electron chi connectivity index (χ3n) is 3.81. The topological polar surface area (TPSA) is 75.6 Å². The number of methoxy groups -OCH3 is 1. The highest BCUT2D eigenvalue weighted by Crippen LogP contribution is 2.38. The normalized spacial score (nSPS) is 29.1. The van der Waals surface area contributed by atoms with Crippen molar-refractivity contribution in [2.75, 3.05) is 7.11 Å². The van der Waals surface area contributed by atoms with Crippen LogP contribution in [-0.2, 0) is 14.3 Å². The van der Waals surface area contributed by atoms with Gasteiger partial charge >= 0.3 is 5.97 Å². The predicted molar refractivity (Wildman–Crippen MR) is 62.6 cm³/mol. The summed E-state index contributed by atoms with van der Waals surface area (Å²) in [6.07, 6.45) is 2.12. The summed E-state index contributed by atoms with van der Waals surface area (Å²) in [6, 6.07) is -0.318. The lowest BCUT2D eigenvalue weighted by molar-refractivity contribution is -0.150. The van der Waals surface area contributed by atoms with Gasteiger partial charge in [0.1, 0.15) is 5.60 Å². The number of aliphatic carboxylic acids is 1. The molecule has 0 heterocycles. The summed E-state index contributed by atoms with van der Waals surface area (Å²) in [7, 11) is 1.46. The molecule has 0 spiro atoms. The van der Waals surface area contributed by atoms with Gasteiger partial charge in [-0.15, -0.1) is 0 Å². The predicted octanol–water partition coefficient (Wildman–Crippen LogP) is 1.17. The van der Waals surface area contributed by atoms with Crippen LogP contribution in [0.1, 0.15) is 40.0 Å². The van der Waals surface area contributed by atoms with Crippen molar-refractivity contribution in [2.45, 2.75) is 51.7 Å². The largest absolute Gasteiger partial charge is 0.481 e. The van der Waals surface area contributed by atoms with Gasteiger partial charge in [-0.2, -0.15) is 0 Å². The number of rotatable bonds is 4. The summed E-state index contributed by atoms with van der Waals surface area (Å²) < 4.78 is 5.08. The monoisotopic (exact) mass is 243 g/mol. The lowest BCUT2D eigenvalue weighted by Crippen LogP contribution is -2.53. The van der Waals surface area contributed by atoms with Crippen molar-refractivity contribution in [2.24, 2.45) is 5.41 Å². The number of carboxylic acid groups (broad SMARTS) is 1. The number of hydrogen-bond donors (Lipinski definition) is 2. The van der Waals surface area contributed by atoms with Crippen molar-refractivity contribution in [1.29, 1.82) is 0 Å². The van der Waals surface area contributed by atoms with Gasteiger partial charge in [0.2, 0.25) is 0 Å². The Balaban J connectivity index is 2.75. The first-order chi connectivity index (χ1) is 7.74. The van der Waals surface area contributed by atoms with Crippen LogP contribution in [0.4, 0.5) is 0 Å². The van der Waals surface area contributed by atoms with Crippen molar-refractivity contribution in [3.8, 4) is 0 Å². The number of carbonyl (C=O) groups is 2. The van der Waals surface area contributed by atoms with E-state index in [-0.39, 0.29) is 11.9 Å². The number of ether oxygens (including phenoxy) is 1. The maximum atomic E-state index is 11.9. The van der Waals surface area contributed by atoms with Gasteiger partial charge in [0, 0.05) is 13.2 Å². The van der Waals surface area contributed by atoms with Crippen LogP contribution in [-0.4, -0.2) is 35.7 Å². The third-order valence-corrected chi connectivity index (χ3v) is 3.81. The van der Waals surface area contributed by atoms with Crippen molar-refractivity contribution < 1.29 is 19.4 Å². The van der Waals surface area contributed by atoms with Crippen LogP contribution in [0.5, 0.6) is 0 Å². The minimum atomic E-state index is -0.929. The Kier molecular flexibility index (Phi) is 3.81. The maximum Gasteiger partial charge on any atom is 0.311 e. The van der Waals surface area contributed by atoms with E-state index in [1.807, 2.05) is 0 Å². The van der Waals surface area contributed by atoms with Crippen LogP contribution in [0.25, 0.3) is 0 Å². The summed E-state index contributed by atoms with van der Waals surface area (Å²) in [5.74, 6) is -1.12. The Morgan fingerprint density at radius 2 is 2.06 bits per heavy atom. The number of amides is 1. The molecule has 1 fully saturated rings. The Bertz CT molecular complexity index is 326. The summed E-state index contributed by atoms with van der Waals surface area (Å²) in [6.45, 7) is 5.01. The molecule has 1 amide bonds. The van der Waals surface area contributed by atoms with E-state index in [1.54, 1.807) is 20.8 Å². The molecule has 0 saturated heterocycles. The van der Waals surface area contributed by atoms with E-state index in [9.17, 15) is 14.7 Å². The molecule has 98 valence electrons. The molecular weight excluding hydrogens is 222 g/mol. The second-order valence-electron chi connectivity index (χ2n) is 5.36. The zero-order valence-electron chi connectivity index (χ0n) is 10.9. The SMILES string of the molecule is COC(C)(C)C(=O)NC1CCCC1(C)C(=O)O. The Morgan fingerprint density at radius 3 is 2.53 bits per heavy atom. The van der Waals surface area contributed by atoms with Crippen LogP contribution < -0.4 is 5.32 Å². The molecule has 0 bridgehead atoms. The van der Waals surface area contributed by atoms with Crippen LogP contribution in [0.2, 0.25) is 0 Å². The van der Waals surface area contributed by atoms with E-state index in [0.717, 1.165) is 6.42 Å². The number of carbonyl (C=O) groups excluding carboxylic acids is 1. The Labute approximate surface area is 102 Å². The minimum absolute atomic E-state index is 0.264. The van der Waals surface area contributed by atoms with E-state index in [4.69, 9.17) is 4.74 Å². The molecule has 1 aliphatic rings. The second kappa shape index (κ2) is 4.64. The van der Waals surface area contributed by atoms with E-state index in [0.29, 0.717) is 12.8 Å². The minimum Gasteiger partial charge on any atom is -0.481 e. The standard InChI is InChI=1S/C12H21NO4/c1-11(2,17-4)9(14)13-8-6-5-7-12(8,3)10(15)16/h8H,5-7H2,1-4H3,(H,13,14)(H,15,16). The van der Waals surface area contributed by atoms with Gasteiger partial charge in [0.05, 0.1) is 5.41 Å². The first-order valence-corrected chi connectivity index (χ1v) is 5.83. The fourth-order valence-corrected chi connectivity index (χ4v) is 2.08. The summed E-state index contributed by atoms with van der Waals surface area (Å²) in [5, 5.41) is 12.0. The highest BCUT2D eigenvalue weighted by atomic mass is 16.5. The van der Waals surface area contributed by atoms with Crippen LogP contribution in [0, 0.1) is 5.41 Å². The van der Waals surface area contributed by atoms with Crippen molar-refractivity contribution in [3.05, 3.63) is 0 Å². The molecule has 0 aromatic rings. The van der Waals surface area contributed by atoms with Crippen molar-refractivity contribution >= 4 is 11.9 Å². The number of hydrogen-bond acceptors (Lipinski definition) is 3. The highest BCUT2D eigenvalue weighted by molar-refractivity contribution is 5.86. The van der Waals surface area contributed by atoms with E-state index in [2.05, 4.69) is 5.32 Å². The maximum absolute atomic E-state index is 11.9. The molecule has 5 nitrogen and oxygen atoms in total. The van der Waals surface area contributed by atoms with Gasteiger partial charge in [-0.3, -0.25) is 9.59 Å². The second-order valence-corrected chi connectivity index (χ2v) is 5.36. The summed E-state index contributed by atoms with van der Waals surface area (Å²) >= 11 is 0. The van der Waals surface area contributed by atoms with E-state index < -0.39 is 17.0 Å². The fourth-order valence-electron chi connectivity index (χ4n) is 2.08. The lowest BCUT2D eigenvalue weighted by Gasteiger charge is -2.31. The van der Waals surface area contributed by atoms with Crippen LogP contribution >= 0.6 is 0 Å². The molecule has 0 aromatic carbocycles. The Morgan fingerprint density at radius 1 is 1.47 bits per heavy atom. The molecular formula is C12H21NO4. The van der Waals surface area contributed by atoms with Gasteiger partial charge in [-0.05, 0) is 33.6 Å². The molecule has 17 heavy (non-hydrogen) atoms. The highest BCUT2D eigenvalue weighted by Gasteiger charge is 2.47. The summed E-state index contributed by atoms with van der Waals surface area (Å²) in [5.41, 5.74) is -1.79. The number of carboxylic acids is 1. The van der Waals surface area contributed by atoms with Gasteiger partial charge in [0.25, 0.3) is 5.91 Å². The smallest absolute Gasteiger partial charge is 0.311 e. The van der Waals surface area contributed by atoms with Gasteiger partial charge in [0.15, 0.2) is 0 Å². The Hall–Kier alpha value is -1.10. The molecule has 1 aliphatic carbocycles. The van der Waals surface area contributed by atoms with Crippen LogP contribution in [0.15, 0.2) is 0 Å². The lowest BCUT2D eigenvalue weighted by atomic mass is 9.84. The molecule has 0 aromatic heterocycles. The number of nitrogens with one attached hydrogen (secondary N) is 1. The first kappa shape index (κ1) is 14.0. The van der Waals surface area contributed by atoms with Gasteiger partial charge in [-0.25, -0.2) is 0 Å². The quantitative estimate of drug-likeness (QED) is 0.777. The molecule has 1 rings (SSSR count). The average molecular weight is 243 g/mol. The molecule has 1 saturated carbocycles. The summed E-state index contributed by atoms with van der Waals surface area (Å²) in [4.78, 5) is 23.2. The van der Waals surface area contributed by atoms with Crippen molar-refractivity contribution in [1.82, 2.24) is 5.32 Å². The molecule has 5 heteroatoms. The van der Waals surface area contributed by atoms with Gasteiger partial charge in [-0.1, -0.05) is 6.42 Å². The molecule has 0 radical (unpaired) electrons. The van der Waals surface area contributed by atoms with Crippen LogP contribution in [0.3, 0.4) is 0 Å². The van der Waals surface area contributed by atoms with E-state index in [1.165, 1.54) is 7.11 Å². The fraction of sp³-hybridized carbons (Fsp3) is 0.833. The molecule has 2 atom stereocenters. The molecule has 2 N–H and O–H groups in total. The van der Waals surface area contributed by atoms with Gasteiger partial charge < -0.3 is 15.2 Å². The average Bonchev–Trinajstić information content (AvgIpc) is 2.61. The van der Waals surface area contributed by atoms with E-state index >= 15 is 0 Å². The molecule has 2 unspecified atom stereocenters. The third kappa shape index (κ3) is 2.60. The zero-order chi connectivity index (χ0) is 13.3.